The second-order valence-corrected chi connectivity index (χ2v) is 6.80. The monoisotopic (exact) mass is 402 g/mol. The van der Waals surface area contributed by atoms with E-state index in [1.807, 2.05) is 85.8 Å². The van der Waals surface area contributed by atoms with Crippen molar-refractivity contribution in [2.24, 2.45) is 0 Å². The van der Waals surface area contributed by atoms with Crippen LogP contribution in [0.2, 0.25) is 0 Å². The number of ether oxygens (including phenoxy) is 1. The van der Waals surface area contributed by atoms with Crippen molar-refractivity contribution in [3.8, 4) is 16.9 Å². The molecule has 2 amide bonds. The van der Waals surface area contributed by atoms with E-state index in [1.165, 1.54) is 0 Å². The maximum atomic E-state index is 12.3. The first-order valence-corrected chi connectivity index (χ1v) is 10.1. The summed E-state index contributed by atoms with van der Waals surface area (Å²) in [5, 5.41) is 5.65. The van der Waals surface area contributed by atoms with E-state index in [1.54, 1.807) is 0 Å². The van der Waals surface area contributed by atoms with Gasteiger partial charge in [-0.1, -0.05) is 54.6 Å². The third-order valence-electron chi connectivity index (χ3n) is 4.59. The average molecular weight is 402 g/mol. The van der Waals surface area contributed by atoms with Gasteiger partial charge in [0.15, 0.2) is 0 Å². The van der Waals surface area contributed by atoms with Gasteiger partial charge >= 0.3 is 0 Å². The first kappa shape index (κ1) is 21.1. The van der Waals surface area contributed by atoms with E-state index < -0.39 is 0 Å². The van der Waals surface area contributed by atoms with Crippen LogP contribution in [-0.2, 0) is 11.2 Å². The van der Waals surface area contributed by atoms with Gasteiger partial charge < -0.3 is 15.4 Å². The SMILES string of the molecule is CCOc1ccc(CC(=O)NCCNC(=O)c2ccc(-c3ccccc3)cc2)cc1. The molecule has 0 atom stereocenters. The van der Waals surface area contributed by atoms with Crippen molar-refractivity contribution in [2.75, 3.05) is 19.7 Å². The largest absolute Gasteiger partial charge is 0.494 e. The van der Waals surface area contributed by atoms with Crippen molar-refractivity contribution < 1.29 is 14.3 Å². The van der Waals surface area contributed by atoms with E-state index in [4.69, 9.17) is 4.74 Å². The molecule has 154 valence electrons. The fraction of sp³-hybridized carbons (Fsp3) is 0.200. The summed E-state index contributed by atoms with van der Waals surface area (Å²) in [4.78, 5) is 24.3. The molecule has 3 aromatic rings. The fourth-order valence-corrected chi connectivity index (χ4v) is 3.04. The van der Waals surface area contributed by atoms with E-state index in [9.17, 15) is 9.59 Å². The van der Waals surface area contributed by atoms with Crippen molar-refractivity contribution in [3.05, 3.63) is 90.0 Å². The zero-order chi connectivity index (χ0) is 21.2. The van der Waals surface area contributed by atoms with Gasteiger partial charge in [0.05, 0.1) is 13.0 Å². The normalized spacial score (nSPS) is 10.3. The molecule has 0 heterocycles. The van der Waals surface area contributed by atoms with Crippen LogP contribution >= 0.6 is 0 Å². The Morgan fingerprint density at radius 1 is 0.767 bits per heavy atom. The predicted octanol–water partition coefficient (Wildman–Crippen LogP) is 3.84. The first-order chi connectivity index (χ1) is 14.7. The lowest BCUT2D eigenvalue weighted by molar-refractivity contribution is -0.120. The third kappa shape index (κ3) is 6.21. The molecule has 30 heavy (non-hydrogen) atoms. The maximum absolute atomic E-state index is 12.3. The molecular weight excluding hydrogens is 376 g/mol. The molecule has 0 spiro atoms. The minimum absolute atomic E-state index is 0.0828. The molecular formula is C25H26N2O3. The highest BCUT2D eigenvalue weighted by Crippen LogP contribution is 2.19. The van der Waals surface area contributed by atoms with Gasteiger partial charge in [-0.05, 0) is 47.9 Å². The second-order valence-electron chi connectivity index (χ2n) is 6.80. The Labute approximate surface area is 177 Å². The molecule has 3 rings (SSSR count). The minimum atomic E-state index is -0.157. The Kier molecular flexibility index (Phi) is 7.61. The summed E-state index contributed by atoms with van der Waals surface area (Å²) in [7, 11) is 0. The van der Waals surface area contributed by atoms with Crippen LogP contribution in [0.3, 0.4) is 0 Å². The molecule has 0 saturated carbocycles. The van der Waals surface area contributed by atoms with Gasteiger partial charge in [0.25, 0.3) is 5.91 Å². The topological polar surface area (TPSA) is 67.4 Å². The van der Waals surface area contributed by atoms with Gasteiger partial charge in [0.1, 0.15) is 5.75 Å². The number of carbonyl (C=O) groups is 2. The molecule has 0 bridgehead atoms. The number of nitrogens with one attached hydrogen (secondary N) is 2. The molecule has 2 N–H and O–H groups in total. The van der Waals surface area contributed by atoms with E-state index in [0.29, 0.717) is 31.7 Å². The number of rotatable bonds is 9. The van der Waals surface area contributed by atoms with Crippen LogP contribution in [-0.4, -0.2) is 31.5 Å². The molecule has 0 radical (unpaired) electrons. The molecule has 0 aliphatic carbocycles. The van der Waals surface area contributed by atoms with E-state index >= 15 is 0 Å². The Morgan fingerprint density at radius 2 is 1.40 bits per heavy atom. The highest BCUT2D eigenvalue weighted by molar-refractivity contribution is 5.94. The summed E-state index contributed by atoms with van der Waals surface area (Å²) in [6, 6.07) is 25.0. The summed E-state index contributed by atoms with van der Waals surface area (Å²) in [6.45, 7) is 3.29. The minimum Gasteiger partial charge on any atom is -0.494 e. The summed E-state index contributed by atoms with van der Waals surface area (Å²) >= 11 is 0. The number of benzene rings is 3. The standard InChI is InChI=1S/C25H26N2O3/c1-2-30-23-14-8-19(9-15-23)18-24(28)26-16-17-27-25(29)22-12-10-21(11-13-22)20-6-4-3-5-7-20/h3-15H,2,16-18H2,1H3,(H,26,28)(H,27,29). The zero-order valence-electron chi connectivity index (χ0n) is 17.1. The van der Waals surface area contributed by atoms with Crippen LogP contribution in [0.15, 0.2) is 78.9 Å². The lowest BCUT2D eigenvalue weighted by atomic mass is 10.0. The van der Waals surface area contributed by atoms with Crippen molar-refractivity contribution >= 4 is 11.8 Å². The summed E-state index contributed by atoms with van der Waals surface area (Å²) < 4.78 is 5.39. The van der Waals surface area contributed by atoms with Gasteiger partial charge in [-0.15, -0.1) is 0 Å². The molecule has 0 aliphatic rings. The van der Waals surface area contributed by atoms with Crippen molar-refractivity contribution in [1.29, 1.82) is 0 Å². The lowest BCUT2D eigenvalue weighted by Gasteiger charge is -2.09. The molecule has 0 aromatic heterocycles. The molecule has 3 aromatic carbocycles. The lowest BCUT2D eigenvalue weighted by Crippen LogP contribution is -2.35. The van der Waals surface area contributed by atoms with Crippen LogP contribution in [0, 0.1) is 0 Å². The van der Waals surface area contributed by atoms with Gasteiger partial charge in [-0.3, -0.25) is 9.59 Å². The quantitative estimate of drug-likeness (QED) is 0.535. The maximum Gasteiger partial charge on any atom is 0.251 e. The third-order valence-corrected chi connectivity index (χ3v) is 4.59. The van der Waals surface area contributed by atoms with Crippen molar-refractivity contribution in [2.45, 2.75) is 13.3 Å². The Bertz CT molecular complexity index is 952. The van der Waals surface area contributed by atoms with Gasteiger partial charge in [0, 0.05) is 18.7 Å². The van der Waals surface area contributed by atoms with Gasteiger partial charge in [-0.25, -0.2) is 0 Å². The molecule has 0 fully saturated rings. The number of hydrogen-bond acceptors (Lipinski definition) is 3. The van der Waals surface area contributed by atoms with Crippen molar-refractivity contribution in [1.82, 2.24) is 10.6 Å². The molecule has 5 heteroatoms. The van der Waals surface area contributed by atoms with Crippen molar-refractivity contribution in [3.63, 3.8) is 0 Å². The van der Waals surface area contributed by atoms with Crippen LogP contribution in [0.25, 0.3) is 11.1 Å². The molecule has 0 unspecified atom stereocenters. The van der Waals surface area contributed by atoms with Gasteiger partial charge in [0.2, 0.25) is 5.91 Å². The predicted molar refractivity (Wildman–Crippen MR) is 119 cm³/mol. The molecule has 5 nitrogen and oxygen atoms in total. The fourth-order valence-electron chi connectivity index (χ4n) is 3.04. The number of carbonyl (C=O) groups excluding carboxylic acids is 2. The highest BCUT2D eigenvalue weighted by Gasteiger charge is 2.07. The Balaban J connectivity index is 1.39. The van der Waals surface area contributed by atoms with E-state index in [0.717, 1.165) is 22.4 Å². The number of amides is 2. The van der Waals surface area contributed by atoms with Crippen LogP contribution in [0.5, 0.6) is 5.75 Å². The van der Waals surface area contributed by atoms with Crippen LogP contribution in [0.1, 0.15) is 22.8 Å². The zero-order valence-corrected chi connectivity index (χ0v) is 17.1. The number of hydrogen-bond donors (Lipinski definition) is 2. The van der Waals surface area contributed by atoms with E-state index in [2.05, 4.69) is 10.6 Å². The Hall–Kier alpha value is -3.60. The second kappa shape index (κ2) is 10.8. The summed E-state index contributed by atoms with van der Waals surface area (Å²) in [6.07, 6.45) is 0.293. The smallest absolute Gasteiger partial charge is 0.251 e. The van der Waals surface area contributed by atoms with Gasteiger partial charge in [-0.2, -0.15) is 0 Å². The summed E-state index contributed by atoms with van der Waals surface area (Å²) in [5.41, 5.74) is 3.68. The van der Waals surface area contributed by atoms with Crippen LogP contribution < -0.4 is 15.4 Å². The first-order valence-electron chi connectivity index (χ1n) is 10.1. The Morgan fingerprint density at radius 3 is 2.07 bits per heavy atom. The van der Waals surface area contributed by atoms with E-state index in [-0.39, 0.29) is 11.8 Å². The average Bonchev–Trinajstić information content (AvgIpc) is 2.79. The molecule has 0 aliphatic heterocycles. The van der Waals surface area contributed by atoms with Crippen LogP contribution in [0.4, 0.5) is 0 Å². The molecule has 0 saturated heterocycles. The highest BCUT2D eigenvalue weighted by atomic mass is 16.5. The summed E-state index contributed by atoms with van der Waals surface area (Å²) in [5.74, 6) is 0.553.